The van der Waals surface area contributed by atoms with Crippen molar-refractivity contribution in [1.29, 1.82) is 0 Å². The van der Waals surface area contributed by atoms with Crippen LogP contribution in [0.4, 0.5) is 10.5 Å². The van der Waals surface area contributed by atoms with Crippen molar-refractivity contribution in [2.45, 2.75) is 39.8 Å². The number of nitrogens with one attached hydrogen (secondary N) is 1. The summed E-state index contributed by atoms with van der Waals surface area (Å²) in [5.74, 6) is 1.58. The van der Waals surface area contributed by atoms with Crippen LogP contribution in [0.25, 0.3) is 11.5 Å². The van der Waals surface area contributed by atoms with E-state index in [9.17, 15) is 4.79 Å². The fraction of sp³-hybridized carbons (Fsp3) is 0.212. The predicted octanol–water partition coefficient (Wildman–Crippen LogP) is 6.99. The number of aromatic nitrogens is 3. The number of methoxy groups -OCH3 is 1. The average Bonchev–Trinajstić information content (AvgIpc) is 3.55. The van der Waals surface area contributed by atoms with Gasteiger partial charge in [-0.15, -0.1) is 0 Å². The Kier molecular flexibility index (Phi) is 6.64. The Bertz CT molecular complexity index is 1670. The molecule has 1 N–H and O–H groups in total. The number of hydrogen-bond donors (Lipinski definition) is 1. The molecule has 40 heavy (non-hydrogen) atoms. The predicted molar refractivity (Wildman–Crippen MR) is 158 cm³/mol. The SMILES string of the molecule is CCc1nn(-c2ccccc2)c2c1CN(C(=O)Nc1cc(C)ccc1OC)C(c1ccc(C)cc1)c1cccn1-2. The van der Waals surface area contributed by atoms with Gasteiger partial charge in [-0.2, -0.15) is 5.10 Å². The standard InChI is InChI=1S/C33H33N5O2/c1-5-27-26-21-37(33(39)34-28-20-23(3)15-18-30(28)40-4)31(24-16-13-22(2)14-17-24)29-12-9-19-36(29)32(26)38(35-27)25-10-7-6-8-11-25/h6-20,31H,5,21H2,1-4H3,(H,34,39). The minimum Gasteiger partial charge on any atom is -0.495 e. The second-order valence-electron chi connectivity index (χ2n) is 10.2. The topological polar surface area (TPSA) is 64.3 Å². The monoisotopic (exact) mass is 531 g/mol. The Morgan fingerprint density at radius 1 is 0.975 bits per heavy atom. The molecular formula is C33H33N5O2. The minimum absolute atomic E-state index is 0.204. The highest BCUT2D eigenvalue weighted by molar-refractivity contribution is 5.92. The smallest absolute Gasteiger partial charge is 0.323 e. The third-order valence-electron chi connectivity index (χ3n) is 7.55. The minimum atomic E-state index is -0.326. The summed E-state index contributed by atoms with van der Waals surface area (Å²) in [5, 5.41) is 8.21. The lowest BCUT2D eigenvalue weighted by molar-refractivity contribution is 0.194. The number of carbonyl (C=O) groups excluding carboxylic acids is 1. The molecule has 1 aliphatic heterocycles. The molecule has 7 heteroatoms. The van der Waals surface area contributed by atoms with Crippen molar-refractivity contribution in [3.8, 4) is 17.3 Å². The molecule has 3 aromatic carbocycles. The van der Waals surface area contributed by atoms with E-state index in [1.165, 1.54) is 5.56 Å². The van der Waals surface area contributed by atoms with Gasteiger partial charge in [0.05, 0.1) is 42.5 Å². The maximum atomic E-state index is 14.3. The summed E-state index contributed by atoms with van der Waals surface area (Å²) in [7, 11) is 1.62. The Morgan fingerprint density at radius 3 is 2.45 bits per heavy atom. The van der Waals surface area contributed by atoms with Crippen LogP contribution in [0.3, 0.4) is 0 Å². The van der Waals surface area contributed by atoms with Crippen LogP contribution in [0.15, 0.2) is 91.1 Å². The number of rotatable bonds is 5. The molecule has 6 rings (SSSR count). The largest absolute Gasteiger partial charge is 0.495 e. The van der Waals surface area contributed by atoms with Crippen LogP contribution in [0.2, 0.25) is 0 Å². The van der Waals surface area contributed by atoms with Gasteiger partial charge in [-0.3, -0.25) is 0 Å². The van der Waals surface area contributed by atoms with Crippen molar-refractivity contribution in [3.05, 3.63) is 125 Å². The fourth-order valence-electron chi connectivity index (χ4n) is 5.55. The maximum absolute atomic E-state index is 14.3. The molecule has 2 amide bonds. The molecule has 0 spiro atoms. The molecule has 1 atom stereocenters. The van der Waals surface area contributed by atoms with Gasteiger partial charge in [0.25, 0.3) is 0 Å². The van der Waals surface area contributed by atoms with Crippen molar-refractivity contribution in [2.24, 2.45) is 0 Å². The zero-order chi connectivity index (χ0) is 27.8. The molecule has 0 saturated heterocycles. The quantitative estimate of drug-likeness (QED) is 0.266. The van der Waals surface area contributed by atoms with Gasteiger partial charge < -0.3 is 19.5 Å². The number of benzene rings is 3. The number of nitrogens with zero attached hydrogens (tertiary/aromatic N) is 4. The lowest BCUT2D eigenvalue weighted by Gasteiger charge is -2.31. The summed E-state index contributed by atoms with van der Waals surface area (Å²) in [4.78, 5) is 16.2. The number of amides is 2. The molecule has 1 unspecified atom stereocenters. The summed E-state index contributed by atoms with van der Waals surface area (Å²) < 4.78 is 9.78. The number of para-hydroxylation sites is 1. The fourth-order valence-corrected chi connectivity index (χ4v) is 5.55. The number of fused-ring (bicyclic) bond motifs is 3. The Hall–Kier alpha value is -4.78. The summed E-state index contributed by atoms with van der Waals surface area (Å²) in [6.07, 6.45) is 2.82. The number of aryl methyl sites for hydroxylation is 3. The summed E-state index contributed by atoms with van der Waals surface area (Å²) in [5.41, 5.74) is 7.87. The first kappa shape index (κ1) is 25.5. The molecular weight excluding hydrogens is 498 g/mol. The molecule has 5 aromatic rings. The molecule has 202 valence electrons. The molecule has 0 bridgehead atoms. The van der Waals surface area contributed by atoms with Gasteiger partial charge >= 0.3 is 6.03 Å². The second-order valence-corrected chi connectivity index (χ2v) is 10.2. The van der Waals surface area contributed by atoms with E-state index in [4.69, 9.17) is 9.84 Å². The number of urea groups is 1. The van der Waals surface area contributed by atoms with E-state index in [-0.39, 0.29) is 12.1 Å². The average molecular weight is 532 g/mol. The van der Waals surface area contributed by atoms with Gasteiger partial charge in [0, 0.05) is 11.8 Å². The van der Waals surface area contributed by atoms with Gasteiger partial charge in [0.2, 0.25) is 0 Å². The van der Waals surface area contributed by atoms with Crippen LogP contribution in [-0.4, -0.2) is 32.4 Å². The first-order valence-corrected chi connectivity index (χ1v) is 13.6. The van der Waals surface area contributed by atoms with E-state index in [2.05, 4.69) is 72.4 Å². The summed E-state index contributed by atoms with van der Waals surface area (Å²) >= 11 is 0. The highest BCUT2D eigenvalue weighted by atomic mass is 16.5. The lowest BCUT2D eigenvalue weighted by atomic mass is 10.0. The zero-order valence-electron chi connectivity index (χ0n) is 23.3. The summed E-state index contributed by atoms with van der Waals surface area (Å²) in [6.45, 7) is 6.58. The third kappa shape index (κ3) is 4.43. The molecule has 0 radical (unpaired) electrons. The molecule has 0 saturated carbocycles. The van der Waals surface area contributed by atoms with E-state index in [1.807, 2.05) is 59.0 Å². The highest BCUT2D eigenvalue weighted by Crippen LogP contribution is 2.39. The lowest BCUT2D eigenvalue weighted by Crippen LogP contribution is -2.38. The number of ether oxygens (including phenoxy) is 1. The van der Waals surface area contributed by atoms with Gasteiger partial charge in [0.15, 0.2) is 0 Å². The van der Waals surface area contributed by atoms with Gasteiger partial charge in [-0.25, -0.2) is 9.48 Å². The van der Waals surface area contributed by atoms with Crippen LogP contribution in [0.1, 0.15) is 46.6 Å². The molecule has 0 aliphatic carbocycles. The van der Waals surface area contributed by atoms with Gasteiger partial charge in [-0.05, 0) is 67.8 Å². The normalized spacial score (nSPS) is 14.3. The Morgan fingerprint density at radius 2 is 1.73 bits per heavy atom. The zero-order valence-corrected chi connectivity index (χ0v) is 23.3. The van der Waals surface area contributed by atoms with Crippen LogP contribution in [-0.2, 0) is 13.0 Å². The molecule has 7 nitrogen and oxygen atoms in total. The van der Waals surface area contributed by atoms with Gasteiger partial charge in [-0.1, -0.05) is 61.0 Å². The number of carbonyl (C=O) groups is 1. The molecule has 3 heterocycles. The van der Waals surface area contributed by atoms with Crippen LogP contribution in [0, 0.1) is 13.8 Å². The Labute approximate surface area is 234 Å². The van der Waals surface area contributed by atoms with Gasteiger partial charge in [0.1, 0.15) is 11.6 Å². The van der Waals surface area contributed by atoms with E-state index in [1.54, 1.807) is 7.11 Å². The number of hydrogen-bond acceptors (Lipinski definition) is 3. The summed E-state index contributed by atoms with van der Waals surface area (Å²) in [6, 6.07) is 28.0. The highest BCUT2D eigenvalue weighted by Gasteiger charge is 2.36. The maximum Gasteiger partial charge on any atom is 0.323 e. The van der Waals surface area contributed by atoms with Crippen molar-refractivity contribution in [1.82, 2.24) is 19.2 Å². The molecule has 2 aromatic heterocycles. The van der Waals surface area contributed by atoms with Crippen molar-refractivity contribution in [3.63, 3.8) is 0 Å². The van der Waals surface area contributed by atoms with Crippen molar-refractivity contribution in [2.75, 3.05) is 12.4 Å². The second kappa shape index (κ2) is 10.4. The first-order valence-electron chi connectivity index (χ1n) is 13.6. The first-order chi connectivity index (χ1) is 19.5. The van der Waals surface area contributed by atoms with E-state index in [0.717, 1.165) is 46.0 Å². The van der Waals surface area contributed by atoms with E-state index >= 15 is 0 Å². The van der Waals surface area contributed by atoms with Crippen molar-refractivity contribution >= 4 is 11.7 Å². The van der Waals surface area contributed by atoms with E-state index < -0.39 is 0 Å². The van der Waals surface area contributed by atoms with E-state index in [0.29, 0.717) is 18.0 Å². The molecule has 1 aliphatic rings. The van der Waals surface area contributed by atoms with Crippen LogP contribution < -0.4 is 10.1 Å². The van der Waals surface area contributed by atoms with Crippen LogP contribution >= 0.6 is 0 Å². The number of anilines is 1. The molecule has 0 fully saturated rings. The van der Waals surface area contributed by atoms with Crippen molar-refractivity contribution < 1.29 is 9.53 Å². The Balaban J connectivity index is 1.55. The van der Waals surface area contributed by atoms with Crippen LogP contribution in [0.5, 0.6) is 5.75 Å². The third-order valence-corrected chi connectivity index (χ3v) is 7.55.